The van der Waals surface area contributed by atoms with E-state index in [2.05, 4.69) is 6.92 Å². The van der Waals surface area contributed by atoms with Gasteiger partial charge in [-0.3, -0.25) is 0 Å². The van der Waals surface area contributed by atoms with Gasteiger partial charge in [0.15, 0.2) is 0 Å². The molecule has 4 saturated carbocycles. The van der Waals surface area contributed by atoms with Gasteiger partial charge in [0, 0.05) is 6.04 Å². The highest BCUT2D eigenvalue weighted by molar-refractivity contribution is 5.32. The summed E-state index contributed by atoms with van der Waals surface area (Å²) in [5.74, 6) is 1.60. The van der Waals surface area contributed by atoms with Crippen molar-refractivity contribution in [2.75, 3.05) is 0 Å². The second-order valence-corrected chi connectivity index (χ2v) is 8.61. The Labute approximate surface area is 127 Å². The van der Waals surface area contributed by atoms with Crippen LogP contribution in [0.4, 0.5) is 4.39 Å². The third kappa shape index (κ3) is 2.06. The number of halogens is 1. The fraction of sp³-hybridized carbons (Fsp3) is 0.684. The number of benzene rings is 1. The summed E-state index contributed by atoms with van der Waals surface area (Å²) in [4.78, 5) is 0. The van der Waals surface area contributed by atoms with Crippen LogP contribution in [0.15, 0.2) is 18.2 Å². The van der Waals surface area contributed by atoms with E-state index in [1.54, 1.807) is 12.1 Å². The van der Waals surface area contributed by atoms with Crippen molar-refractivity contribution < 1.29 is 4.39 Å². The van der Waals surface area contributed by atoms with Gasteiger partial charge in [0.25, 0.3) is 0 Å². The minimum Gasteiger partial charge on any atom is -0.323 e. The summed E-state index contributed by atoms with van der Waals surface area (Å²) in [6.45, 7) is 4.48. The van der Waals surface area contributed by atoms with Gasteiger partial charge in [-0.05, 0) is 91.4 Å². The van der Waals surface area contributed by atoms with Crippen molar-refractivity contribution in [2.45, 2.75) is 58.4 Å². The van der Waals surface area contributed by atoms with Crippen molar-refractivity contribution in [3.05, 3.63) is 35.1 Å². The van der Waals surface area contributed by atoms with E-state index < -0.39 is 0 Å². The number of nitrogens with two attached hydrogens (primary N) is 1. The Bertz CT molecular complexity index is 565. The van der Waals surface area contributed by atoms with Crippen LogP contribution in [0.5, 0.6) is 0 Å². The number of hydrogen-bond acceptors (Lipinski definition) is 1. The second kappa shape index (κ2) is 4.32. The van der Waals surface area contributed by atoms with E-state index in [1.807, 2.05) is 13.0 Å². The molecule has 0 spiro atoms. The minimum atomic E-state index is -0.152. The van der Waals surface area contributed by atoms with Crippen LogP contribution in [0.1, 0.15) is 62.6 Å². The Morgan fingerprint density at radius 3 is 2.43 bits per heavy atom. The number of aryl methyl sites for hydroxylation is 1. The molecule has 3 atom stereocenters. The van der Waals surface area contributed by atoms with Gasteiger partial charge in [-0.1, -0.05) is 13.0 Å². The third-order valence-electron chi connectivity index (χ3n) is 6.63. The first-order valence-electron chi connectivity index (χ1n) is 8.41. The topological polar surface area (TPSA) is 26.0 Å². The fourth-order valence-electron chi connectivity index (χ4n) is 6.48. The van der Waals surface area contributed by atoms with E-state index >= 15 is 0 Å². The van der Waals surface area contributed by atoms with Crippen LogP contribution >= 0.6 is 0 Å². The minimum absolute atomic E-state index is 0.0725. The summed E-state index contributed by atoms with van der Waals surface area (Å²) in [6.07, 6.45) is 8.08. The first-order chi connectivity index (χ1) is 9.89. The first-order valence-corrected chi connectivity index (χ1v) is 8.41. The molecule has 0 aliphatic heterocycles. The molecule has 114 valence electrons. The molecule has 4 fully saturated rings. The summed E-state index contributed by atoms with van der Waals surface area (Å²) in [6, 6.07) is 5.21. The van der Waals surface area contributed by atoms with Gasteiger partial charge < -0.3 is 5.73 Å². The molecule has 0 radical (unpaired) electrons. The Morgan fingerprint density at radius 1 is 1.19 bits per heavy atom. The summed E-state index contributed by atoms with van der Waals surface area (Å²) in [5, 5.41) is 0. The lowest BCUT2D eigenvalue weighted by atomic mass is 9.43. The summed E-state index contributed by atoms with van der Waals surface area (Å²) < 4.78 is 13.4. The van der Waals surface area contributed by atoms with E-state index in [1.165, 1.54) is 44.1 Å². The van der Waals surface area contributed by atoms with E-state index in [-0.39, 0.29) is 17.3 Å². The molecular weight excluding hydrogens is 261 g/mol. The van der Waals surface area contributed by atoms with Gasteiger partial charge in [-0.2, -0.15) is 0 Å². The van der Waals surface area contributed by atoms with E-state index in [4.69, 9.17) is 5.73 Å². The Kier molecular flexibility index (Phi) is 2.83. The molecule has 4 aliphatic carbocycles. The maximum atomic E-state index is 13.4. The molecule has 0 amide bonds. The maximum Gasteiger partial charge on any atom is 0.123 e. The Balaban J connectivity index is 1.72. The fourth-order valence-corrected chi connectivity index (χ4v) is 6.48. The van der Waals surface area contributed by atoms with Crippen LogP contribution in [-0.2, 0) is 0 Å². The maximum absolute atomic E-state index is 13.4. The van der Waals surface area contributed by atoms with Crippen molar-refractivity contribution in [1.82, 2.24) is 0 Å². The van der Waals surface area contributed by atoms with Gasteiger partial charge in [-0.15, -0.1) is 0 Å². The van der Waals surface area contributed by atoms with Crippen molar-refractivity contribution in [3.8, 4) is 0 Å². The molecule has 4 bridgehead atoms. The molecule has 1 aromatic rings. The molecule has 4 aliphatic rings. The average Bonchev–Trinajstić information content (AvgIpc) is 2.35. The highest BCUT2D eigenvalue weighted by Crippen LogP contribution is 2.67. The summed E-state index contributed by atoms with van der Waals surface area (Å²) in [7, 11) is 0. The molecule has 1 aromatic carbocycles. The van der Waals surface area contributed by atoms with Crippen molar-refractivity contribution in [3.63, 3.8) is 0 Å². The Hall–Kier alpha value is -0.890. The average molecular weight is 287 g/mol. The summed E-state index contributed by atoms with van der Waals surface area (Å²) in [5.41, 5.74) is 9.74. The molecule has 1 nitrogen and oxygen atoms in total. The second-order valence-electron chi connectivity index (χ2n) is 8.61. The standard InChI is InChI=1S/C19H26FN/c1-12-5-15(20)3-4-16(12)17(21)19-9-13-6-14(10-19)8-18(2,7-13)11-19/h3-5,13-14,17H,6-11,21H2,1-2H3. The van der Waals surface area contributed by atoms with Gasteiger partial charge in [0.05, 0.1) is 0 Å². The predicted octanol–water partition coefficient (Wildman–Crippen LogP) is 4.74. The highest BCUT2D eigenvalue weighted by Gasteiger charge is 2.57. The molecule has 0 aromatic heterocycles. The zero-order valence-electron chi connectivity index (χ0n) is 13.2. The zero-order valence-corrected chi connectivity index (χ0v) is 13.2. The van der Waals surface area contributed by atoms with Crippen molar-refractivity contribution >= 4 is 0 Å². The lowest BCUT2D eigenvalue weighted by Crippen LogP contribution is -2.54. The van der Waals surface area contributed by atoms with Gasteiger partial charge in [0.1, 0.15) is 5.82 Å². The molecule has 5 rings (SSSR count). The van der Waals surface area contributed by atoms with E-state index in [0.29, 0.717) is 5.41 Å². The van der Waals surface area contributed by atoms with Gasteiger partial charge in [-0.25, -0.2) is 4.39 Å². The van der Waals surface area contributed by atoms with Gasteiger partial charge in [0.2, 0.25) is 0 Å². The first kappa shape index (κ1) is 13.8. The monoisotopic (exact) mass is 287 g/mol. The van der Waals surface area contributed by atoms with Crippen LogP contribution < -0.4 is 5.73 Å². The van der Waals surface area contributed by atoms with Gasteiger partial charge >= 0.3 is 0 Å². The Morgan fingerprint density at radius 2 is 1.86 bits per heavy atom. The smallest absolute Gasteiger partial charge is 0.123 e. The van der Waals surface area contributed by atoms with Crippen LogP contribution in [0.25, 0.3) is 0 Å². The molecule has 3 unspecified atom stereocenters. The van der Waals surface area contributed by atoms with Crippen LogP contribution in [0, 0.1) is 35.4 Å². The zero-order chi connectivity index (χ0) is 14.8. The number of hydrogen-bond donors (Lipinski definition) is 1. The third-order valence-corrected chi connectivity index (χ3v) is 6.63. The van der Waals surface area contributed by atoms with Crippen LogP contribution in [0.3, 0.4) is 0 Å². The summed E-state index contributed by atoms with van der Waals surface area (Å²) >= 11 is 0. The van der Waals surface area contributed by atoms with Crippen molar-refractivity contribution in [1.29, 1.82) is 0 Å². The van der Waals surface area contributed by atoms with Crippen LogP contribution in [-0.4, -0.2) is 0 Å². The molecular formula is C19H26FN. The van der Waals surface area contributed by atoms with E-state index in [0.717, 1.165) is 17.4 Å². The van der Waals surface area contributed by atoms with Crippen LogP contribution in [0.2, 0.25) is 0 Å². The molecule has 2 heteroatoms. The van der Waals surface area contributed by atoms with E-state index in [9.17, 15) is 4.39 Å². The normalized spacial score (nSPS) is 42.3. The lowest BCUT2D eigenvalue weighted by molar-refractivity contribution is -0.113. The SMILES string of the molecule is Cc1cc(F)ccc1C(N)C12CC3CC(CC(C)(C3)C1)C2. The van der Waals surface area contributed by atoms with Crippen molar-refractivity contribution in [2.24, 2.45) is 28.4 Å². The predicted molar refractivity (Wildman–Crippen MR) is 83.3 cm³/mol. The lowest BCUT2D eigenvalue weighted by Gasteiger charge is -2.63. The highest BCUT2D eigenvalue weighted by atomic mass is 19.1. The molecule has 2 N–H and O–H groups in total. The largest absolute Gasteiger partial charge is 0.323 e. The molecule has 21 heavy (non-hydrogen) atoms. The molecule has 0 heterocycles. The number of rotatable bonds is 2. The molecule has 0 saturated heterocycles. The quantitative estimate of drug-likeness (QED) is 0.835.